The molecule has 1 aromatic heterocycles. The summed E-state index contributed by atoms with van der Waals surface area (Å²) >= 11 is 5.21. The van der Waals surface area contributed by atoms with E-state index in [0.717, 1.165) is 5.56 Å². The third kappa shape index (κ3) is 3.74. The molecule has 0 aliphatic rings. The predicted octanol–water partition coefficient (Wildman–Crippen LogP) is 4.93. The van der Waals surface area contributed by atoms with Gasteiger partial charge in [0.1, 0.15) is 5.82 Å². The average Bonchev–Trinajstić information content (AvgIpc) is 2.93. The number of hydrogen-bond donors (Lipinski definition) is 1. The van der Waals surface area contributed by atoms with E-state index in [2.05, 4.69) is 48.2 Å². The molecular weight excluding hydrogens is 335 g/mol. The Morgan fingerprint density at radius 2 is 1.80 bits per heavy atom. The number of benzene rings is 2. The Hall–Kier alpha value is -2.60. The van der Waals surface area contributed by atoms with Gasteiger partial charge >= 0.3 is 0 Å². The minimum absolute atomic E-state index is 0.0980. The van der Waals surface area contributed by atoms with Crippen LogP contribution in [0.15, 0.2) is 53.6 Å². The van der Waals surface area contributed by atoms with Crippen LogP contribution in [-0.2, 0) is 5.41 Å². The molecule has 0 aliphatic carbocycles. The molecule has 0 saturated carbocycles. The Morgan fingerprint density at radius 1 is 1.12 bits per heavy atom. The maximum atomic E-state index is 14.0. The SMILES string of the molecule is CC(C)(C)c1ccc(C=Nn2c(-c3ccccc3F)n[nH]c2=S)cc1. The van der Waals surface area contributed by atoms with Crippen molar-refractivity contribution in [2.24, 2.45) is 5.10 Å². The third-order valence-electron chi connectivity index (χ3n) is 3.86. The second-order valence-electron chi connectivity index (χ2n) is 6.76. The summed E-state index contributed by atoms with van der Waals surface area (Å²) in [6.07, 6.45) is 1.68. The Morgan fingerprint density at radius 3 is 2.44 bits per heavy atom. The first-order chi connectivity index (χ1) is 11.9. The molecule has 0 aliphatic heterocycles. The van der Waals surface area contributed by atoms with Crippen molar-refractivity contribution in [2.45, 2.75) is 26.2 Å². The van der Waals surface area contributed by atoms with Gasteiger partial charge in [0.25, 0.3) is 0 Å². The van der Waals surface area contributed by atoms with Crippen LogP contribution in [0.2, 0.25) is 0 Å². The van der Waals surface area contributed by atoms with Crippen LogP contribution in [0.5, 0.6) is 0 Å². The quantitative estimate of drug-likeness (QED) is 0.536. The van der Waals surface area contributed by atoms with E-state index in [-0.39, 0.29) is 11.2 Å². The van der Waals surface area contributed by atoms with E-state index in [9.17, 15) is 4.39 Å². The summed E-state index contributed by atoms with van der Waals surface area (Å²) in [5.74, 6) is -0.0341. The van der Waals surface area contributed by atoms with Crippen molar-refractivity contribution >= 4 is 18.4 Å². The van der Waals surface area contributed by atoms with Gasteiger partial charge in [-0.3, -0.25) is 0 Å². The summed E-state index contributed by atoms with van der Waals surface area (Å²) in [5, 5.41) is 11.1. The Kier molecular flexibility index (Phi) is 4.63. The molecule has 0 bridgehead atoms. The maximum Gasteiger partial charge on any atom is 0.216 e. The molecule has 6 heteroatoms. The van der Waals surface area contributed by atoms with Crippen LogP contribution in [0, 0.1) is 10.6 Å². The number of nitrogens with one attached hydrogen (secondary N) is 1. The lowest BCUT2D eigenvalue weighted by molar-refractivity contribution is 0.590. The highest BCUT2D eigenvalue weighted by molar-refractivity contribution is 7.71. The van der Waals surface area contributed by atoms with Crippen LogP contribution in [-0.4, -0.2) is 21.1 Å². The number of hydrogen-bond acceptors (Lipinski definition) is 3. The van der Waals surface area contributed by atoms with Gasteiger partial charge in [-0.1, -0.05) is 57.2 Å². The van der Waals surface area contributed by atoms with Gasteiger partial charge in [-0.25, -0.2) is 9.49 Å². The van der Waals surface area contributed by atoms with Crippen molar-refractivity contribution in [2.75, 3.05) is 0 Å². The summed E-state index contributed by atoms with van der Waals surface area (Å²) in [7, 11) is 0. The van der Waals surface area contributed by atoms with Crippen molar-refractivity contribution < 1.29 is 4.39 Å². The Labute approximate surface area is 151 Å². The van der Waals surface area contributed by atoms with Crippen molar-refractivity contribution in [1.29, 1.82) is 0 Å². The lowest BCUT2D eigenvalue weighted by atomic mass is 9.87. The molecule has 3 rings (SSSR count). The molecule has 3 aromatic rings. The minimum Gasteiger partial charge on any atom is -0.250 e. The molecule has 1 N–H and O–H groups in total. The van der Waals surface area contributed by atoms with Crippen LogP contribution in [0.1, 0.15) is 31.9 Å². The van der Waals surface area contributed by atoms with E-state index in [1.54, 1.807) is 24.4 Å². The molecule has 0 unspecified atom stereocenters. The monoisotopic (exact) mass is 354 g/mol. The summed E-state index contributed by atoms with van der Waals surface area (Å²) in [5.41, 5.74) is 2.61. The number of H-pyrrole nitrogens is 1. The normalized spacial score (nSPS) is 12.0. The number of aromatic nitrogens is 3. The van der Waals surface area contributed by atoms with Crippen LogP contribution >= 0.6 is 12.2 Å². The highest BCUT2D eigenvalue weighted by Gasteiger charge is 2.13. The number of rotatable bonds is 3. The summed E-state index contributed by atoms with van der Waals surface area (Å²) in [6, 6.07) is 14.5. The standard InChI is InChI=1S/C19H19FN4S/c1-19(2,3)14-10-8-13(9-11-14)12-21-24-17(22-23-18(24)25)15-6-4-5-7-16(15)20/h4-12H,1-3H3,(H,23,25). The van der Waals surface area contributed by atoms with E-state index in [1.807, 2.05) is 12.1 Å². The predicted molar refractivity (Wildman–Crippen MR) is 101 cm³/mol. The Bertz CT molecular complexity index is 962. The van der Waals surface area contributed by atoms with Gasteiger partial charge in [0.15, 0.2) is 5.82 Å². The van der Waals surface area contributed by atoms with Crippen LogP contribution in [0.4, 0.5) is 4.39 Å². The van der Waals surface area contributed by atoms with Gasteiger partial charge in [-0.15, -0.1) is 0 Å². The largest absolute Gasteiger partial charge is 0.250 e. The second kappa shape index (κ2) is 6.72. The molecule has 0 atom stereocenters. The van der Waals surface area contributed by atoms with Gasteiger partial charge < -0.3 is 0 Å². The van der Waals surface area contributed by atoms with E-state index >= 15 is 0 Å². The average molecular weight is 354 g/mol. The highest BCUT2D eigenvalue weighted by Crippen LogP contribution is 2.22. The number of halogens is 1. The summed E-state index contributed by atoms with van der Waals surface area (Å²) < 4.78 is 15.8. The molecular formula is C19H19FN4S. The second-order valence-corrected chi connectivity index (χ2v) is 7.15. The molecule has 2 aromatic carbocycles. The highest BCUT2D eigenvalue weighted by atomic mass is 32.1. The molecule has 1 heterocycles. The van der Waals surface area contributed by atoms with Crippen molar-refractivity contribution in [1.82, 2.24) is 14.9 Å². The zero-order valence-corrected chi connectivity index (χ0v) is 15.1. The van der Waals surface area contributed by atoms with Crippen LogP contribution < -0.4 is 0 Å². The van der Waals surface area contributed by atoms with E-state index in [0.29, 0.717) is 16.2 Å². The van der Waals surface area contributed by atoms with E-state index in [1.165, 1.54) is 16.3 Å². The van der Waals surface area contributed by atoms with Gasteiger partial charge in [0.2, 0.25) is 4.77 Å². The molecule has 0 amide bonds. The van der Waals surface area contributed by atoms with E-state index < -0.39 is 0 Å². The number of aromatic amines is 1. The minimum atomic E-state index is -0.373. The molecule has 4 nitrogen and oxygen atoms in total. The molecule has 0 radical (unpaired) electrons. The fraction of sp³-hybridized carbons (Fsp3) is 0.211. The first-order valence-corrected chi connectivity index (χ1v) is 8.34. The summed E-state index contributed by atoms with van der Waals surface area (Å²) in [6.45, 7) is 6.50. The van der Waals surface area contributed by atoms with Gasteiger partial charge in [0, 0.05) is 0 Å². The zero-order valence-electron chi connectivity index (χ0n) is 14.3. The van der Waals surface area contributed by atoms with Crippen LogP contribution in [0.25, 0.3) is 11.4 Å². The Balaban J connectivity index is 1.94. The topological polar surface area (TPSA) is 46.0 Å². The van der Waals surface area contributed by atoms with Crippen molar-refractivity contribution in [3.8, 4) is 11.4 Å². The van der Waals surface area contributed by atoms with Gasteiger partial charge in [0.05, 0.1) is 11.8 Å². The zero-order chi connectivity index (χ0) is 18.0. The van der Waals surface area contributed by atoms with Crippen molar-refractivity contribution in [3.05, 3.63) is 70.2 Å². The lowest BCUT2D eigenvalue weighted by Crippen LogP contribution is -2.10. The van der Waals surface area contributed by atoms with Crippen molar-refractivity contribution in [3.63, 3.8) is 0 Å². The molecule has 128 valence electrons. The summed E-state index contributed by atoms with van der Waals surface area (Å²) in [4.78, 5) is 0. The lowest BCUT2D eigenvalue weighted by Gasteiger charge is -2.18. The fourth-order valence-corrected chi connectivity index (χ4v) is 2.59. The molecule has 0 saturated heterocycles. The van der Waals surface area contributed by atoms with E-state index in [4.69, 9.17) is 12.2 Å². The first kappa shape index (κ1) is 17.2. The van der Waals surface area contributed by atoms with Gasteiger partial charge in [-0.05, 0) is 40.9 Å². The fourth-order valence-electron chi connectivity index (χ4n) is 2.41. The van der Waals surface area contributed by atoms with Crippen LogP contribution in [0.3, 0.4) is 0 Å². The molecule has 0 fully saturated rings. The molecule has 25 heavy (non-hydrogen) atoms. The number of nitrogens with zero attached hydrogens (tertiary/aromatic N) is 3. The third-order valence-corrected chi connectivity index (χ3v) is 4.13. The first-order valence-electron chi connectivity index (χ1n) is 7.93. The van der Waals surface area contributed by atoms with Gasteiger partial charge in [-0.2, -0.15) is 14.9 Å². The molecule has 0 spiro atoms. The maximum absolute atomic E-state index is 14.0. The smallest absolute Gasteiger partial charge is 0.216 e.